The third-order valence-corrected chi connectivity index (χ3v) is 2.24. The molecule has 0 fully saturated rings. The van der Waals surface area contributed by atoms with Crippen molar-refractivity contribution in [2.24, 2.45) is 22.9 Å². The molecule has 0 aliphatic heterocycles. The van der Waals surface area contributed by atoms with Crippen LogP contribution in [0.25, 0.3) is 0 Å². The van der Waals surface area contributed by atoms with Gasteiger partial charge >= 0.3 is 0 Å². The van der Waals surface area contributed by atoms with Gasteiger partial charge in [0, 0.05) is 78.5 Å². The molecule has 0 aromatic heterocycles. The Kier molecular flexibility index (Phi) is 34.7. The summed E-state index contributed by atoms with van der Waals surface area (Å²) in [6, 6.07) is 0. The molecule has 12 N–H and O–H groups in total. The van der Waals surface area contributed by atoms with Crippen molar-refractivity contribution in [2.75, 3.05) is 78.5 Å². The number of halogens is 1. The molecule has 132 valence electrons. The van der Waals surface area contributed by atoms with Crippen molar-refractivity contribution in [1.29, 1.82) is 0 Å². The zero-order valence-electron chi connectivity index (χ0n) is 13.2. The highest BCUT2D eigenvalue weighted by atomic mass is 35.5. The van der Waals surface area contributed by atoms with E-state index in [2.05, 4.69) is 21.3 Å². The second kappa shape index (κ2) is 28.2. The Hall–Kier alpha value is -0.0300. The van der Waals surface area contributed by atoms with Crippen LogP contribution in [0.3, 0.4) is 0 Å². The molecule has 8 nitrogen and oxygen atoms in total. The van der Waals surface area contributed by atoms with E-state index in [0.717, 1.165) is 52.4 Å². The summed E-state index contributed by atoms with van der Waals surface area (Å²) in [6.45, 7) is 10.3. The zero-order valence-corrected chi connectivity index (χ0v) is 14.0. The summed E-state index contributed by atoms with van der Waals surface area (Å²) in [5.74, 6) is 0. The number of hydrogen-bond donors (Lipinski definition) is 8. The topological polar surface area (TPSA) is 152 Å². The van der Waals surface area contributed by atoms with Crippen molar-refractivity contribution >= 4 is 12.4 Å². The van der Waals surface area contributed by atoms with Crippen molar-refractivity contribution in [3.05, 3.63) is 0 Å². The van der Waals surface area contributed by atoms with Gasteiger partial charge in [0.05, 0.1) is 0 Å². The number of nitrogens with two attached hydrogens (primary N) is 4. The number of rotatable bonds is 14. The van der Waals surface area contributed by atoms with Crippen molar-refractivity contribution in [3.63, 3.8) is 0 Å². The van der Waals surface area contributed by atoms with Gasteiger partial charge in [0.1, 0.15) is 0 Å². The Balaban J connectivity index is -0.000000295. The van der Waals surface area contributed by atoms with E-state index >= 15 is 0 Å². The number of nitrogens with one attached hydrogen (secondary N) is 4. The van der Waals surface area contributed by atoms with Crippen LogP contribution in [0.5, 0.6) is 0 Å². The first-order valence-corrected chi connectivity index (χ1v) is 7.46. The van der Waals surface area contributed by atoms with Gasteiger partial charge in [-0.1, -0.05) is 0 Å². The van der Waals surface area contributed by atoms with E-state index in [1.165, 1.54) is 0 Å². The molecule has 0 rings (SSSR count). The van der Waals surface area contributed by atoms with Gasteiger partial charge in [0.25, 0.3) is 0 Å². The maximum absolute atomic E-state index is 5.27. The Labute approximate surface area is 135 Å². The normalized spacial score (nSPS) is 9.71. The Bertz CT molecular complexity index is 121. The first-order chi connectivity index (χ1) is 9.83. The minimum atomic E-state index is 0. The first kappa shape index (κ1) is 25.9. The second-order valence-electron chi connectivity index (χ2n) is 4.15. The molecule has 21 heavy (non-hydrogen) atoms. The van der Waals surface area contributed by atoms with Crippen molar-refractivity contribution < 1.29 is 0 Å². The summed E-state index contributed by atoms with van der Waals surface area (Å²) in [5.41, 5.74) is 21.1. The fourth-order valence-corrected chi connectivity index (χ4v) is 1.26. The first-order valence-electron chi connectivity index (χ1n) is 7.46. The Morgan fingerprint density at radius 3 is 0.714 bits per heavy atom. The van der Waals surface area contributed by atoms with Crippen molar-refractivity contribution in [3.8, 4) is 0 Å². The largest absolute Gasteiger partial charge is 0.329 e. The van der Waals surface area contributed by atoms with E-state index in [-0.39, 0.29) is 12.4 Å². The molecular formula is C12H37ClN8. The summed E-state index contributed by atoms with van der Waals surface area (Å²) in [7, 11) is 0. The highest BCUT2D eigenvalue weighted by Gasteiger charge is 1.84. The third kappa shape index (κ3) is 33.0. The van der Waals surface area contributed by atoms with Gasteiger partial charge in [0.2, 0.25) is 0 Å². The Morgan fingerprint density at radius 2 is 0.571 bits per heavy atom. The molecule has 0 amide bonds. The van der Waals surface area contributed by atoms with E-state index in [0.29, 0.717) is 26.2 Å². The molecule has 0 spiro atoms. The summed E-state index contributed by atoms with van der Waals surface area (Å²) in [6.07, 6.45) is 0. The molecule has 9 heteroatoms. The third-order valence-electron chi connectivity index (χ3n) is 2.24. The maximum Gasteiger partial charge on any atom is 0.00772 e. The van der Waals surface area contributed by atoms with Gasteiger partial charge < -0.3 is 44.2 Å². The van der Waals surface area contributed by atoms with E-state index in [9.17, 15) is 0 Å². The summed E-state index contributed by atoms with van der Waals surface area (Å²) < 4.78 is 0. The van der Waals surface area contributed by atoms with Crippen LogP contribution in [0.1, 0.15) is 0 Å². The Morgan fingerprint density at radius 1 is 0.381 bits per heavy atom. The predicted molar refractivity (Wildman–Crippen MR) is 94.9 cm³/mol. The van der Waals surface area contributed by atoms with Gasteiger partial charge in [-0.3, -0.25) is 0 Å². The van der Waals surface area contributed by atoms with Crippen LogP contribution in [0.4, 0.5) is 0 Å². The fraction of sp³-hybridized carbons (Fsp3) is 1.00. The quantitative estimate of drug-likeness (QED) is 0.153. The summed E-state index contributed by atoms with van der Waals surface area (Å²) in [4.78, 5) is 0. The molecular weight excluding hydrogens is 292 g/mol. The smallest absolute Gasteiger partial charge is 0.00772 e. The van der Waals surface area contributed by atoms with E-state index in [4.69, 9.17) is 22.9 Å². The average molecular weight is 329 g/mol. The van der Waals surface area contributed by atoms with Gasteiger partial charge in [0.15, 0.2) is 0 Å². The molecule has 0 saturated carbocycles. The average Bonchev–Trinajstić information content (AvgIpc) is 2.47. The van der Waals surface area contributed by atoms with Crippen LogP contribution in [0.2, 0.25) is 0 Å². The lowest BCUT2D eigenvalue weighted by molar-refractivity contribution is 0.618. The highest BCUT2D eigenvalue weighted by Crippen LogP contribution is 1.58. The van der Waals surface area contributed by atoms with Crippen molar-refractivity contribution in [1.82, 2.24) is 21.3 Å². The number of hydrogen-bond acceptors (Lipinski definition) is 8. The SMILES string of the molecule is Cl.NCCNCCNCCN.NCCNCCNCCN. The molecule has 0 aliphatic rings. The molecule has 0 radical (unpaired) electrons. The van der Waals surface area contributed by atoms with E-state index < -0.39 is 0 Å². The van der Waals surface area contributed by atoms with Crippen LogP contribution in [0.15, 0.2) is 0 Å². The summed E-state index contributed by atoms with van der Waals surface area (Å²) >= 11 is 0. The lowest BCUT2D eigenvalue weighted by atomic mass is 10.5. The molecule has 0 aliphatic carbocycles. The fourth-order valence-electron chi connectivity index (χ4n) is 1.26. The van der Waals surface area contributed by atoms with Gasteiger partial charge in [-0.05, 0) is 0 Å². The predicted octanol–water partition coefficient (Wildman–Crippen LogP) is -3.41. The lowest BCUT2D eigenvalue weighted by Crippen LogP contribution is -2.32. The molecule has 0 unspecified atom stereocenters. The van der Waals surface area contributed by atoms with Crippen LogP contribution >= 0.6 is 12.4 Å². The minimum absolute atomic E-state index is 0. The minimum Gasteiger partial charge on any atom is -0.329 e. The summed E-state index contributed by atoms with van der Waals surface area (Å²) in [5, 5.41) is 12.7. The van der Waals surface area contributed by atoms with E-state index in [1.807, 2.05) is 0 Å². The zero-order chi connectivity index (χ0) is 15.3. The molecule has 0 bridgehead atoms. The monoisotopic (exact) mass is 328 g/mol. The standard InChI is InChI=1S/2C6H18N4.ClH/c2*7-1-3-9-5-6-10-4-2-8;/h2*9-10H,1-8H2;1H. The van der Waals surface area contributed by atoms with Gasteiger partial charge in [-0.2, -0.15) is 0 Å². The lowest BCUT2D eigenvalue weighted by Gasteiger charge is -2.03. The van der Waals surface area contributed by atoms with Crippen LogP contribution in [0, 0.1) is 0 Å². The van der Waals surface area contributed by atoms with Gasteiger partial charge in [-0.25, -0.2) is 0 Å². The molecule has 0 saturated heterocycles. The van der Waals surface area contributed by atoms with Crippen LogP contribution < -0.4 is 44.2 Å². The molecule has 0 atom stereocenters. The van der Waals surface area contributed by atoms with Crippen LogP contribution in [-0.2, 0) is 0 Å². The van der Waals surface area contributed by atoms with E-state index in [1.54, 1.807) is 0 Å². The van der Waals surface area contributed by atoms with Gasteiger partial charge in [-0.15, -0.1) is 12.4 Å². The van der Waals surface area contributed by atoms with Crippen LogP contribution in [-0.4, -0.2) is 78.5 Å². The van der Waals surface area contributed by atoms with Crippen molar-refractivity contribution in [2.45, 2.75) is 0 Å². The maximum atomic E-state index is 5.27. The second-order valence-corrected chi connectivity index (χ2v) is 4.15. The molecule has 0 heterocycles. The molecule has 0 aromatic carbocycles. The highest BCUT2D eigenvalue weighted by molar-refractivity contribution is 5.85. The molecule has 0 aromatic rings.